The maximum atomic E-state index is 12.0. The molecule has 0 rings (SSSR count). The van der Waals surface area contributed by atoms with Gasteiger partial charge in [-0.2, -0.15) is 0 Å². The van der Waals surface area contributed by atoms with E-state index in [9.17, 15) is 9.59 Å². The summed E-state index contributed by atoms with van der Waals surface area (Å²) < 4.78 is 45.0. The number of hydrogen-bond acceptors (Lipinski definition) is 11. The summed E-state index contributed by atoms with van der Waals surface area (Å²) in [6.45, 7) is 10.8. The molecule has 0 bridgehead atoms. The summed E-state index contributed by atoms with van der Waals surface area (Å²) in [5.74, 6) is -0.234. The van der Waals surface area contributed by atoms with Crippen molar-refractivity contribution < 1.29 is 47.5 Å². The predicted molar refractivity (Wildman–Crippen MR) is 231 cm³/mol. The van der Waals surface area contributed by atoms with E-state index >= 15 is 0 Å². The van der Waals surface area contributed by atoms with Gasteiger partial charge >= 0.3 is 11.9 Å². The maximum Gasteiger partial charge on any atom is 0.306 e. The molecule has 0 N–H and O–H groups in total. The molecular formula is C45H83N3O10. The Labute approximate surface area is 352 Å². The van der Waals surface area contributed by atoms with E-state index in [0.29, 0.717) is 105 Å². The molecule has 0 aliphatic rings. The molecular weight excluding hydrogens is 743 g/mol. The van der Waals surface area contributed by atoms with Crippen LogP contribution in [0.2, 0.25) is 0 Å². The van der Waals surface area contributed by atoms with Crippen molar-refractivity contribution in [2.24, 2.45) is 5.11 Å². The number of esters is 2. The number of azide groups is 1. The van der Waals surface area contributed by atoms with Crippen LogP contribution in [-0.4, -0.2) is 110 Å². The quantitative estimate of drug-likeness (QED) is 0.0144. The van der Waals surface area contributed by atoms with Crippen molar-refractivity contribution >= 4 is 11.9 Å². The molecule has 0 aromatic heterocycles. The summed E-state index contributed by atoms with van der Waals surface area (Å²) in [5, 5.41) is 3.41. The monoisotopic (exact) mass is 826 g/mol. The second kappa shape index (κ2) is 48.9. The van der Waals surface area contributed by atoms with Crippen LogP contribution < -0.4 is 0 Å². The highest BCUT2D eigenvalue weighted by Gasteiger charge is 2.11. The molecule has 0 saturated heterocycles. The number of unbranched alkanes of at least 4 members (excludes halogenated alkanes) is 16. The van der Waals surface area contributed by atoms with Crippen LogP contribution in [0.1, 0.15) is 155 Å². The summed E-state index contributed by atoms with van der Waals surface area (Å²) in [5.41, 5.74) is 8.25. The van der Waals surface area contributed by atoms with Gasteiger partial charge in [0.05, 0.1) is 59.5 Å². The van der Waals surface area contributed by atoms with E-state index in [-0.39, 0.29) is 18.0 Å². The number of nitrogens with zero attached hydrogens (tertiary/aromatic N) is 3. The minimum atomic E-state index is -0.163. The lowest BCUT2D eigenvalue weighted by Gasteiger charge is -2.18. The van der Waals surface area contributed by atoms with Crippen molar-refractivity contribution in [2.75, 3.05) is 92.4 Å². The van der Waals surface area contributed by atoms with Gasteiger partial charge in [0.2, 0.25) is 0 Å². The van der Waals surface area contributed by atoms with Crippen LogP contribution in [0.15, 0.2) is 29.4 Å². The van der Waals surface area contributed by atoms with Crippen LogP contribution in [0.3, 0.4) is 0 Å². The van der Waals surface area contributed by atoms with Crippen LogP contribution in [0.25, 0.3) is 10.4 Å². The number of ether oxygens (including phenoxy) is 8. The second-order valence-electron chi connectivity index (χ2n) is 14.5. The van der Waals surface area contributed by atoms with Gasteiger partial charge in [-0.3, -0.25) is 9.59 Å². The molecule has 58 heavy (non-hydrogen) atoms. The standard InChI is InChI=1S/C45H83N3O10/c1-3-5-7-9-11-18-25-32-57-44(49)27-21-15-13-17-23-30-54-41-43(42-55-40-39-53-38-37-52-36-35-51-34-29-47-48-46)56-31-24-20-14-16-22-28-45(50)58-33-26-19-12-10-8-6-4-2/h18-19,25-26,43H,3-17,20-24,27-42H2,1-2H3/b25-18-,26-19-. The fraction of sp³-hybridized carbons (Fsp3) is 0.867. The van der Waals surface area contributed by atoms with Gasteiger partial charge in [0, 0.05) is 37.5 Å². The minimum Gasteiger partial charge on any atom is -0.461 e. The average molecular weight is 826 g/mol. The van der Waals surface area contributed by atoms with E-state index in [1.807, 2.05) is 12.2 Å². The molecule has 1 unspecified atom stereocenters. The van der Waals surface area contributed by atoms with Crippen LogP contribution in [0.5, 0.6) is 0 Å². The van der Waals surface area contributed by atoms with Crippen molar-refractivity contribution in [1.82, 2.24) is 0 Å². The Balaban J connectivity index is 4.14. The number of hydrogen-bond donors (Lipinski definition) is 0. The molecule has 0 amide bonds. The molecule has 0 spiro atoms. The van der Waals surface area contributed by atoms with Gasteiger partial charge < -0.3 is 37.9 Å². The van der Waals surface area contributed by atoms with Crippen molar-refractivity contribution in [3.8, 4) is 0 Å². The lowest BCUT2D eigenvalue weighted by Crippen LogP contribution is -2.27. The largest absolute Gasteiger partial charge is 0.461 e. The fourth-order valence-electron chi connectivity index (χ4n) is 5.72. The highest BCUT2D eigenvalue weighted by Crippen LogP contribution is 2.10. The highest BCUT2D eigenvalue weighted by molar-refractivity contribution is 5.69. The molecule has 0 saturated carbocycles. The third kappa shape index (κ3) is 46.2. The topological polar surface area (TPSA) is 157 Å². The zero-order valence-electron chi connectivity index (χ0n) is 36.8. The van der Waals surface area contributed by atoms with Gasteiger partial charge in [0.15, 0.2) is 0 Å². The Kier molecular flexibility index (Phi) is 46.7. The average Bonchev–Trinajstić information content (AvgIpc) is 3.22. The summed E-state index contributed by atoms with van der Waals surface area (Å²) in [6.07, 6.45) is 30.8. The number of carbonyl (C=O) groups is 2. The first-order chi connectivity index (χ1) is 28.6. The van der Waals surface area contributed by atoms with E-state index in [2.05, 4.69) is 36.0 Å². The molecule has 0 aliphatic heterocycles. The molecule has 0 aromatic carbocycles. The SMILES string of the molecule is CCCCCC/C=C\COC(=O)CCCCCCCOCC(COCCOCCOCCOCCN=[N+]=[N-])OCCCCCCCC(=O)OC/C=C\CCCCCC. The predicted octanol–water partition coefficient (Wildman–Crippen LogP) is 10.6. The Morgan fingerprint density at radius 3 is 1.45 bits per heavy atom. The maximum absolute atomic E-state index is 12.0. The van der Waals surface area contributed by atoms with E-state index in [0.717, 1.165) is 77.0 Å². The first-order valence-electron chi connectivity index (χ1n) is 22.8. The minimum absolute atomic E-state index is 0.115. The zero-order chi connectivity index (χ0) is 42.1. The Hall–Kier alpha value is -2.51. The fourth-order valence-corrected chi connectivity index (χ4v) is 5.72. The third-order valence-electron chi connectivity index (χ3n) is 9.13. The smallest absolute Gasteiger partial charge is 0.306 e. The van der Waals surface area contributed by atoms with Gasteiger partial charge in [0.25, 0.3) is 0 Å². The zero-order valence-corrected chi connectivity index (χ0v) is 36.8. The summed E-state index contributed by atoms with van der Waals surface area (Å²) >= 11 is 0. The van der Waals surface area contributed by atoms with Crippen molar-refractivity contribution in [3.05, 3.63) is 34.7 Å². The molecule has 13 nitrogen and oxygen atoms in total. The molecule has 338 valence electrons. The number of allylic oxidation sites excluding steroid dienone is 2. The number of rotatable bonds is 47. The van der Waals surface area contributed by atoms with Crippen LogP contribution >= 0.6 is 0 Å². The van der Waals surface area contributed by atoms with Crippen LogP contribution in [0.4, 0.5) is 0 Å². The molecule has 0 radical (unpaired) electrons. The molecule has 0 fully saturated rings. The van der Waals surface area contributed by atoms with Gasteiger partial charge in [-0.1, -0.05) is 120 Å². The lowest BCUT2D eigenvalue weighted by molar-refractivity contribution is -0.143. The van der Waals surface area contributed by atoms with E-state index < -0.39 is 0 Å². The van der Waals surface area contributed by atoms with Gasteiger partial charge in [0.1, 0.15) is 19.3 Å². The summed E-state index contributed by atoms with van der Waals surface area (Å²) in [7, 11) is 0. The first kappa shape index (κ1) is 55.5. The highest BCUT2D eigenvalue weighted by atomic mass is 16.6. The van der Waals surface area contributed by atoms with Crippen molar-refractivity contribution in [1.29, 1.82) is 0 Å². The Morgan fingerprint density at radius 2 is 0.931 bits per heavy atom. The van der Waals surface area contributed by atoms with E-state index in [4.69, 9.17) is 43.4 Å². The normalized spacial score (nSPS) is 12.0. The van der Waals surface area contributed by atoms with Crippen LogP contribution in [0, 0.1) is 0 Å². The number of carbonyl (C=O) groups excluding carboxylic acids is 2. The van der Waals surface area contributed by atoms with Crippen molar-refractivity contribution in [2.45, 2.75) is 161 Å². The Morgan fingerprint density at radius 1 is 0.500 bits per heavy atom. The lowest BCUT2D eigenvalue weighted by atomic mass is 10.1. The van der Waals surface area contributed by atoms with Gasteiger partial charge in [-0.05, 0) is 56.9 Å². The second-order valence-corrected chi connectivity index (χ2v) is 14.5. The molecule has 1 atom stereocenters. The van der Waals surface area contributed by atoms with Gasteiger partial charge in [-0.25, -0.2) is 0 Å². The summed E-state index contributed by atoms with van der Waals surface area (Å²) in [6, 6.07) is 0. The van der Waals surface area contributed by atoms with E-state index in [1.54, 1.807) is 0 Å². The molecule has 0 heterocycles. The molecule has 0 aromatic rings. The van der Waals surface area contributed by atoms with Crippen LogP contribution in [-0.2, 0) is 47.5 Å². The van der Waals surface area contributed by atoms with E-state index in [1.165, 1.54) is 51.4 Å². The third-order valence-corrected chi connectivity index (χ3v) is 9.13. The Bertz CT molecular complexity index is 994. The van der Waals surface area contributed by atoms with Crippen molar-refractivity contribution in [3.63, 3.8) is 0 Å². The summed E-state index contributed by atoms with van der Waals surface area (Å²) in [4.78, 5) is 26.7. The first-order valence-corrected chi connectivity index (χ1v) is 22.8. The van der Waals surface area contributed by atoms with Gasteiger partial charge in [-0.15, -0.1) is 0 Å². The molecule has 0 aliphatic carbocycles. The molecule has 13 heteroatoms.